The first kappa shape index (κ1) is 122. The van der Waals surface area contributed by atoms with Crippen LogP contribution < -0.4 is 73.6 Å². The minimum absolute atomic E-state index is 0. The van der Waals surface area contributed by atoms with Gasteiger partial charge in [0.1, 0.15) is 0 Å². The second-order valence-corrected chi connectivity index (χ2v) is 83.6. The van der Waals surface area contributed by atoms with Crippen LogP contribution in [0.1, 0.15) is 49.4 Å². The van der Waals surface area contributed by atoms with Crippen LogP contribution in [0.15, 0.2) is 209 Å². The van der Waals surface area contributed by atoms with E-state index in [2.05, 4.69) is 79.6 Å². The summed E-state index contributed by atoms with van der Waals surface area (Å²) in [6.45, 7) is -2.31. The van der Waals surface area contributed by atoms with E-state index in [9.17, 15) is 9.59 Å². The molecule has 0 unspecified atom stereocenters. The Morgan fingerprint density at radius 1 is 0.361 bits per heavy atom. The molecule has 0 spiro atoms. The Balaban J connectivity index is -0.00000134. The van der Waals surface area contributed by atoms with Crippen molar-refractivity contribution in [3.8, 4) is 81.0 Å². The van der Waals surface area contributed by atoms with E-state index in [0.29, 0.717) is 25.7 Å². The molecule has 0 amide bonds. The molecule has 2 aliphatic rings. The number of carbonyl (C=O) groups is 2. The number of carboxylic acids is 2. The smallest absolute Gasteiger partial charge is 0 e. The summed E-state index contributed by atoms with van der Waals surface area (Å²) in [5.41, 5.74) is 5.53. The van der Waals surface area contributed by atoms with E-state index in [0.717, 1.165) is 119 Å². The van der Waals surface area contributed by atoms with E-state index < -0.39 is 34.0 Å². The van der Waals surface area contributed by atoms with Crippen molar-refractivity contribution in [1.82, 2.24) is 115 Å². The summed E-state index contributed by atoms with van der Waals surface area (Å²) in [6.07, 6.45) is 46.6. The molecule has 0 aromatic carbocycles. The molecule has 16 heterocycles. The molecule has 0 radical (unpaired) electrons. The number of aryl methyl sites for hydroxylation is 10. The molecule has 0 atom stereocenters. The second kappa shape index (κ2) is 60.5. The van der Waals surface area contributed by atoms with E-state index in [1.165, 1.54) is 63.2 Å². The van der Waals surface area contributed by atoms with Crippen LogP contribution >= 0.6 is 77.1 Å². The van der Waals surface area contributed by atoms with Crippen molar-refractivity contribution >= 4 is 164 Å². The summed E-state index contributed by atoms with van der Waals surface area (Å²) < 4.78 is 19.5. The van der Waals surface area contributed by atoms with Crippen LogP contribution in [0.3, 0.4) is 0 Å². The second-order valence-electron chi connectivity index (χ2n) is 24.9. The zero-order valence-corrected chi connectivity index (χ0v) is 98.0. The molecule has 652 valence electrons. The van der Waals surface area contributed by atoms with Crippen molar-refractivity contribution in [3.63, 3.8) is 0 Å². The zero-order valence-electron chi connectivity index (χ0n) is 68.2. The van der Waals surface area contributed by atoms with Crippen molar-refractivity contribution in [2.24, 2.45) is 82.3 Å². The minimum atomic E-state index is -5.38. The number of carboxylic acid groups (broad SMARTS) is 2. The number of aromatic nitrogens is 24. The van der Waals surface area contributed by atoms with Gasteiger partial charge in [-0.1, -0.05) is 34.4 Å². The van der Waals surface area contributed by atoms with Crippen molar-refractivity contribution in [1.29, 1.82) is 0 Å². The molecule has 2 aliphatic heterocycles. The minimum Gasteiger partial charge on any atom is 0 e. The summed E-state index contributed by atoms with van der Waals surface area (Å²) in [5.74, 6) is 7.13. The molecule has 2 N–H and O–H groups in total. The summed E-state index contributed by atoms with van der Waals surface area (Å²) in [7, 11) is 59.7. The SMILES string of the molecule is C.C.C.Cn1ccnc1-c1nccn1C.Cn1ccnc1-c1nccn1C.Cn1ccnc1-c1nccn1C.Cn1ccnc1-c1nccn1C.Cn1ccnc1-c1nccn1C.O=C(O)C1CCN(c2ccnc(-c3ccccn3)c2)CC1.O=C(O)C1CCN(c2ccnc(-c3ccccn3)c2)CC1.[Cl-].[Cl][Os]([Cl])([Cl])([Cl])([Cl])[Cl].[Cl][Os][Cl].[H-].[K+].[K][K].[Os].[U].[W]. The van der Waals surface area contributed by atoms with Crippen LogP contribution in [0.5, 0.6) is 0 Å². The number of aliphatic carboxylic acids is 2. The maximum absolute atomic E-state index is 11.0. The summed E-state index contributed by atoms with van der Waals surface area (Å²) in [4.78, 5) is 85.8. The number of pyridine rings is 4. The van der Waals surface area contributed by atoms with Gasteiger partial charge in [-0.3, -0.25) is 29.5 Å². The Morgan fingerprint density at radius 2 is 0.533 bits per heavy atom. The first-order valence-electron chi connectivity index (χ1n) is 34.9. The Labute approximate surface area is 898 Å². The number of anilines is 2. The molecule has 2 saturated heterocycles. The number of rotatable bonds is 11. The van der Waals surface area contributed by atoms with E-state index in [4.69, 9.17) is 87.3 Å². The van der Waals surface area contributed by atoms with Crippen LogP contribution in [-0.4, -0.2) is 227 Å². The van der Waals surface area contributed by atoms with Crippen molar-refractivity contribution in [3.05, 3.63) is 209 Å². The van der Waals surface area contributed by atoms with E-state index in [1.54, 1.807) is 86.8 Å². The van der Waals surface area contributed by atoms with Crippen LogP contribution in [0.2, 0.25) is 0 Å². The molecule has 0 aliphatic carbocycles. The number of piperidine rings is 2. The monoisotopic (exact) mass is 2860 g/mol. The third kappa shape index (κ3) is 41.5. The molecular weight excluding hydrogens is 2760 g/mol. The Bertz CT molecular complexity index is 4490. The molecule has 47 heteroatoms. The van der Waals surface area contributed by atoms with E-state index >= 15 is 0 Å². The molecule has 30 nitrogen and oxygen atoms in total. The van der Waals surface area contributed by atoms with Crippen LogP contribution in [-0.2, 0) is 143 Å². The first-order chi connectivity index (χ1) is 54.3. The topological polar surface area (TPSA) is 311 Å². The van der Waals surface area contributed by atoms with Crippen molar-refractivity contribution in [2.45, 2.75) is 48.0 Å². The molecule has 14 aromatic rings. The zero-order chi connectivity index (χ0) is 83.2. The van der Waals surface area contributed by atoms with Crippen LogP contribution in [0.25, 0.3) is 81.0 Å². The quantitative estimate of drug-likeness (QED) is 0.114. The third-order valence-electron chi connectivity index (χ3n) is 17.0. The maximum Gasteiger partial charge on any atom is 0 e. The van der Waals surface area contributed by atoms with Crippen molar-refractivity contribution < 1.29 is 179 Å². The predicted octanol–water partition coefficient (Wildman–Crippen LogP) is 9.77. The Morgan fingerprint density at radius 3 is 0.672 bits per heavy atom. The Hall–Kier alpha value is -1.59. The summed E-state index contributed by atoms with van der Waals surface area (Å²) in [6, 6.07) is 19.5. The summed E-state index contributed by atoms with van der Waals surface area (Å²) >= 11 is 1.86. The Kier molecular flexibility index (Phi) is 60.7. The molecule has 16 rings (SSSR count). The number of nitrogens with zero attached hydrogens (tertiary/aromatic N) is 26. The molecule has 0 saturated carbocycles. The third-order valence-corrected chi connectivity index (χ3v) is 17.0. The van der Waals surface area contributed by atoms with Gasteiger partial charge in [-0.2, -0.15) is 0 Å². The first-order valence-corrected chi connectivity index (χ1v) is 76.1. The fraction of sp³-hybridized carbons (Fsp3) is 0.307. The standard InChI is InChI=1S/2C16H17N3O2.5C8H10N4.3CH4.9ClH.3K.3Os.U.W.H/c2*20-16(21)12-5-9-19(10-6-12)13-4-8-18-15(11-13)14-3-1-2-7-17-14;5*1-11-5-3-9-7(11)8-10-4-6-12(8)2;;;;;;;;;;;;;;;;;;;;;/h2*1-4,7-8,11-12H,5-6,9-10H2,(H,20,21);5*3-6H,1-2H3;3*1H4;9*1H;;;;;;;;;/q;;;;;;;;;;;;;;;;;;;;;+1;;+2;+6;;;-1/p-9. The van der Waals surface area contributed by atoms with Gasteiger partial charge in [0.2, 0.25) is 0 Å². The van der Waals surface area contributed by atoms with E-state index in [-0.39, 0.29) is 171 Å². The van der Waals surface area contributed by atoms with Gasteiger partial charge in [0.15, 0.2) is 58.2 Å². The number of halogens is 9. The molecule has 0 bridgehead atoms. The van der Waals surface area contributed by atoms with Gasteiger partial charge < -0.3 is 79.5 Å². The van der Waals surface area contributed by atoms with Crippen LogP contribution in [0.4, 0.5) is 11.4 Å². The number of imidazole rings is 10. The van der Waals surface area contributed by atoms with Gasteiger partial charge in [-0.05, 0) is 74.2 Å². The molecule has 14 aromatic heterocycles. The summed E-state index contributed by atoms with van der Waals surface area (Å²) in [5, 5.41) is 18.1. The van der Waals surface area contributed by atoms with E-state index in [1.807, 2.05) is 239 Å². The fourth-order valence-electron chi connectivity index (χ4n) is 11.1. The van der Waals surface area contributed by atoms with Gasteiger partial charge in [0.05, 0.1) is 34.6 Å². The average molecular weight is 2860 g/mol. The molecule has 2 fully saturated rings. The molecule has 122 heavy (non-hydrogen) atoms. The fourth-order valence-corrected chi connectivity index (χ4v) is 11.1. The molecular formula is C75H97Cl9K3N26O4Os3UW-. The number of hydrogen-bond donors (Lipinski definition) is 2. The van der Waals surface area contributed by atoms with Gasteiger partial charge in [0.25, 0.3) is 0 Å². The largest absolute Gasteiger partial charge is 0 e. The number of hydrogen-bond acceptors (Lipinski definition) is 18. The average Bonchev–Trinajstić information content (AvgIpc) is 1.41. The van der Waals surface area contributed by atoms with Gasteiger partial charge in [-0.15, -0.1) is 0 Å². The maximum atomic E-state index is 11.0. The van der Waals surface area contributed by atoms with Crippen molar-refractivity contribution in [2.75, 3.05) is 36.0 Å². The van der Waals surface area contributed by atoms with Gasteiger partial charge in [-0.25, -0.2) is 49.8 Å². The predicted molar refractivity (Wildman–Crippen MR) is 467 cm³/mol. The van der Waals surface area contributed by atoms with Crippen LogP contribution in [0, 0.1) is 42.9 Å². The normalized spacial score (nSPS) is 12.2. The van der Waals surface area contributed by atoms with Gasteiger partial charge >= 0.3 is 226 Å². The van der Waals surface area contributed by atoms with Gasteiger partial charge in [0, 0.05) is 329 Å².